The van der Waals surface area contributed by atoms with Gasteiger partial charge >= 0.3 is 0 Å². The van der Waals surface area contributed by atoms with E-state index in [4.69, 9.17) is 19.6 Å². The fourth-order valence-corrected chi connectivity index (χ4v) is 4.60. The summed E-state index contributed by atoms with van der Waals surface area (Å²) < 4.78 is 17.0. The molecule has 0 bridgehead atoms. The number of nitrogens with zero attached hydrogens (tertiary/aromatic N) is 3. The first-order valence-electron chi connectivity index (χ1n) is 11.6. The van der Waals surface area contributed by atoms with Gasteiger partial charge < -0.3 is 14.2 Å². The number of hydrazone groups is 1. The van der Waals surface area contributed by atoms with Crippen molar-refractivity contribution < 1.29 is 19.0 Å². The third-order valence-corrected chi connectivity index (χ3v) is 6.34. The molecule has 1 N–H and O–H groups in total. The van der Waals surface area contributed by atoms with Crippen LogP contribution in [0.2, 0.25) is 0 Å². The molecule has 36 heavy (non-hydrogen) atoms. The third kappa shape index (κ3) is 5.85. The number of hydrogen-bond acceptors (Lipinski definition) is 7. The molecule has 2 aliphatic heterocycles. The summed E-state index contributed by atoms with van der Waals surface area (Å²) in [4.78, 5) is 16.6. The Morgan fingerprint density at radius 1 is 1.11 bits per heavy atom. The van der Waals surface area contributed by atoms with E-state index in [1.807, 2.05) is 48.5 Å². The van der Waals surface area contributed by atoms with E-state index < -0.39 is 5.91 Å². The summed E-state index contributed by atoms with van der Waals surface area (Å²) in [6.07, 6.45) is 5.99. The van der Waals surface area contributed by atoms with Crippen LogP contribution in [0.25, 0.3) is 6.08 Å². The second kappa shape index (κ2) is 11.7. The molecule has 8 nitrogen and oxygen atoms in total. The number of amidine groups is 2. The van der Waals surface area contributed by atoms with Gasteiger partial charge in [0, 0.05) is 0 Å². The van der Waals surface area contributed by atoms with E-state index in [1.54, 1.807) is 13.2 Å². The van der Waals surface area contributed by atoms with Crippen LogP contribution in [0.5, 0.6) is 17.2 Å². The molecule has 0 radical (unpaired) electrons. The predicted molar refractivity (Wildman–Crippen MR) is 144 cm³/mol. The summed E-state index contributed by atoms with van der Waals surface area (Å²) in [5.74, 6) is 1.60. The van der Waals surface area contributed by atoms with Gasteiger partial charge in [-0.3, -0.25) is 10.2 Å². The van der Waals surface area contributed by atoms with Crippen molar-refractivity contribution in [3.05, 3.63) is 71.8 Å². The van der Waals surface area contributed by atoms with Crippen LogP contribution in [0.3, 0.4) is 0 Å². The summed E-state index contributed by atoms with van der Waals surface area (Å²) in [5.41, 5.74) is 2.07. The fraction of sp³-hybridized carbons (Fsp3) is 0.259. The summed E-state index contributed by atoms with van der Waals surface area (Å²) in [5, 5.41) is 15.6. The van der Waals surface area contributed by atoms with Crippen LogP contribution >= 0.6 is 11.8 Å². The van der Waals surface area contributed by atoms with Gasteiger partial charge in [-0.1, -0.05) is 31.2 Å². The number of aliphatic imine (C=N–C) groups is 1. The number of carbonyl (C=O) groups excluding carboxylic acids is 1. The van der Waals surface area contributed by atoms with E-state index in [9.17, 15) is 4.79 Å². The van der Waals surface area contributed by atoms with Crippen LogP contribution in [0.1, 0.15) is 30.9 Å². The second-order valence-corrected chi connectivity index (χ2v) is 9.05. The Morgan fingerprint density at radius 2 is 1.89 bits per heavy atom. The van der Waals surface area contributed by atoms with Crippen molar-refractivity contribution in [2.45, 2.75) is 26.2 Å². The van der Waals surface area contributed by atoms with Crippen LogP contribution in [0.15, 0.2) is 70.8 Å². The summed E-state index contributed by atoms with van der Waals surface area (Å²) >= 11 is 1.35. The molecule has 9 heteroatoms. The van der Waals surface area contributed by atoms with Crippen LogP contribution in [0, 0.1) is 5.41 Å². The number of amides is 1. The number of methoxy groups -OCH3 is 1. The topological polar surface area (TPSA) is 96.6 Å². The van der Waals surface area contributed by atoms with Gasteiger partial charge in [0.05, 0.1) is 12.7 Å². The first-order valence-corrected chi connectivity index (χ1v) is 12.5. The third-order valence-electron chi connectivity index (χ3n) is 5.37. The van der Waals surface area contributed by atoms with E-state index in [0.29, 0.717) is 35.6 Å². The molecule has 0 saturated carbocycles. The van der Waals surface area contributed by atoms with Crippen LogP contribution in [0.4, 0.5) is 0 Å². The van der Waals surface area contributed by atoms with Crippen molar-refractivity contribution in [3.8, 4) is 17.2 Å². The Labute approximate surface area is 214 Å². The highest BCUT2D eigenvalue weighted by Gasteiger charge is 2.35. The van der Waals surface area contributed by atoms with E-state index in [1.165, 1.54) is 16.8 Å². The van der Waals surface area contributed by atoms with E-state index in [2.05, 4.69) is 23.6 Å². The van der Waals surface area contributed by atoms with Crippen LogP contribution < -0.4 is 14.2 Å². The van der Waals surface area contributed by atoms with Crippen LogP contribution in [-0.4, -0.2) is 47.3 Å². The van der Waals surface area contributed by atoms with Crippen LogP contribution in [-0.2, 0) is 11.2 Å². The lowest BCUT2D eigenvalue weighted by Gasteiger charge is -2.20. The number of nitrogens with one attached hydrogen (secondary N) is 1. The smallest absolute Gasteiger partial charge is 0.283 e. The minimum absolute atomic E-state index is 0.0361. The predicted octanol–water partition coefficient (Wildman–Crippen LogP) is 5.30. The molecule has 186 valence electrons. The molecule has 0 atom stereocenters. The lowest BCUT2D eigenvalue weighted by atomic mass is 10.1. The van der Waals surface area contributed by atoms with Crippen molar-refractivity contribution in [2.24, 2.45) is 10.1 Å². The molecule has 2 aromatic rings. The number of ether oxygens (including phenoxy) is 3. The summed E-state index contributed by atoms with van der Waals surface area (Å²) in [6, 6.07) is 13.1. The fourth-order valence-electron chi connectivity index (χ4n) is 3.61. The number of carbonyl (C=O) groups is 1. The van der Waals surface area contributed by atoms with E-state index >= 15 is 0 Å². The summed E-state index contributed by atoms with van der Waals surface area (Å²) in [7, 11) is 1.61. The first-order chi connectivity index (χ1) is 17.5. The van der Waals surface area contributed by atoms with Gasteiger partial charge in [0.1, 0.15) is 24.0 Å². The number of benzene rings is 2. The van der Waals surface area contributed by atoms with Gasteiger partial charge in [0.15, 0.2) is 17.3 Å². The maximum Gasteiger partial charge on any atom is 0.283 e. The second-order valence-electron chi connectivity index (χ2n) is 8.01. The highest BCUT2D eigenvalue weighted by atomic mass is 32.2. The lowest BCUT2D eigenvalue weighted by Crippen LogP contribution is -2.35. The van der Waals surface area contributed by atoms with Gasteiger partial charge in [0.25, 0.3) is 5.91 Å². The molecule has 0 aromatic heterocycles. The molecule has 0 unspecified atom stereocenters. The molecular weight excluding hydrogens is 476 g/mol. The van der Waals surface area contributed by atoms with Crippen molar-refractivity contribution in [2.75, 3.05) is 20.3 Å². The quantitative estimate of drug-likeness (QED) is 0.253. The SMILES string of the molecule is C=CCc1ccc(OCCOc2ccc(/C=C3/C(=N)N4N=C(CCC)SC4=NC3=O)cc2)c(OC)c1. The first kappa shape index (κ1) is 25.2. The zero-order valence-corrected chi connectivity index (χ0v) is 21.1. The lowest BCUT2D eigenvalue weighted by molar-refractivity contribution is -0.114. The van der Waals surface area contributed by atoms with Gasteiger partial charge in [-0.25, -0.2) is 0 Å². The Bertz CT molecular complexity index is 1250. The molecule has 0 aliphatic carbocycles. The minimum Gasteiger partial charge on any atom is -0.493 e. The molecular formula is C27H28N4O4S. The highest BCUT2D eigenvalue weighted by molar-refractivity contribution is 8.26. The van der Waals surface area contributed by atoms with Gasteiger partial charge in [-0.15, -0.1) is 6.58 Å². The van der Waals surface area contributed by atoms with Gasteiger partial charge in [-0.05, 0) is 72.5 Å². The Balaban J connectivity index is 1.33. The molecule has 0 spiro atoms. The number of fused-ring (bicyclic) bond motifs is 1. The normalized spacial score (nSPS) is 15.9. The standard InChI is InChI=1S/C27H28N4O4S/c1-4-6-18-10-13-22(23(17-18)33-3)35-15-14-34-20-11-8-19(9-12-20)16-21-25(28)31-27(29-26(21)32)36-24(30-31)7-5-2/h4,8-13,16-17,28H,1,5-7,14-15H2,2-3H3/b21-16-,28-25?. The average molecular weight is 505 g/mol. The number of allylic oxidation sites excluding steroid dienone is 1. The number of rotatable bonds is 11. The summed E-state index contributed by atoms with van der Waals surface area (Å²) in [6.45, 7) is 6.52. The van der Waals surface area contributed by atoms with Crippen molar-refractivity contribution in [1.82, 2.24) is 5.01 Å². The van der Waals surface area contributed by atoms with Crippen molar-refractivity contribution >= 4 is 39.8 Å². The number of hydrogen-bond donors (Lipinski definition) is 1. The maximum absolute atomic E-state index is 12.5. The average Bonchev–Trinajstić information content (AvgIpc) is 3.28. The monoisotopic (exact) mass is 504 g/mol. The zero-order valence-electron chi connectivity index (χ0n) is 20.3. The highest BCUT2D eigenvalue weighted by Crippen LogP contribution is 2.30. The zero-order chi connectivity index (χ0) is 25.5. The molecule has 0 fully saturated rings. The molecule has 2 heterocycles. The molecule has 4 rings (SSSR count). The molecule has 0 saturated heterocycles. The molecule has 1 amide bonds. The van der Waals surface area contributed by atoms with Gasteiger partial charge in [-0.2, -0.15) is 15.1 Å². The van der Waals surface area contributed by atoms with E-state index in [-0.39, 0.29) is 11.4 Å². The minimum atomic E-state index is -0.433. The Hall–Kier alpha value is -3.85. The maximum atomic E-state index is 12.5. The van der Waals surface area contributed by atoms with Crippen molar-refractivity contribution in [1.29, 1.82) is 5.41 Å². The van der Waals surface area contributed by atoms with Crippen molar-refractivity contribution in [3.63, 3.8) is 0 Å². The van der Waals surface area contributed by atoms with E-state index in [0.717, 1.165) is 35.4 Å². The number of thioether (sulfide) groups is 1. The molecule has 2 aromatic carbocycles. The van der Waals surface area contributed by atoms with Gasteiger partial charge in [0.2, 0.25) is 5.17 Å². The molecule has 2 aliphatic rings. The Morgan fingerprint density at radius 3 is 2.61 bits per heavy atom. The largest absolute Gasteiger partial charge is 0.493 e. The Kier molecular flexibility index (Phi) is 8.22.